The van der Waals surface area contributed by atoms with Gasteiger partial charge in [0.05, 0.1) is 39.2 Å². The van der Waals surface area contributed by atoms with Crippen LogP contribution in [0.25, 0.3) is 10.8 Å². The number of hydrogen-bond donors (Lipinski definition) is 3. The minimum absolute atomic E-state index is 0.257. The van der Waals surface area contributed by atoms with Gasteiger partial charge in [0.1, 0.15) is 5.75 Å². The number of benzene rings is 3. The molecule has 202 valence electrons. The van der Waals surface area contributed by atoms with Crippen molar-refractivity contribution in [1.82, 2.24) is 16.1 Å². The monoisotopic (exact) mass is 532 g/mol. The molecule has 0 saturated heterocycles. The number of methoxy groups -OCH3 is 3. The van der Waals surface area contributed by atoms with Crippen LogP contribution in [-0.2, 0) is 14.3 Å². The predicted octanol–water partition coefficient (Wildman–Crippen LogP) is 3.19. The third-order valence-electron chi connectivity index (χ3n) is 6.09. The molecule has 0 aliphatic carbocycles. The van der Waals surface area contributed by atoms with E-state index in [4.69, 9.17) is 18.9 Å². The second kappa shape index (κ2) is 12.0. The maximum Gasteiger partial charge on any atom is 0.337 e. The lowest BCUT2D eigenvalue weighted by Crippen LogP contribution is -2.45. The van der Waals surface area contributed by atoms with Crippen LogP contribution in [-0.4, -0.2) is 52.1 Å². The zero-order chi connectivity index (χ0) is 27.9. The molecule has 3 N–H and O–H groups in total. The SMILES string of the molecule is COC(=O)C1=C(C)NC(=O)N[C@@H]1c1ccc(OCC(=O)N/N=C\c2c(OC)ccc3ccccc23)c(OC)c1. The van der Waals surface area contributed by atoms with E-state index < -0.39 is 23.9 Å². The van der Waals surface area contributed by atoms with Crippen molar-refractivity contribution in [2.75, 3.05) is 27.9 Å². The van der Waals surface area contributed by atoms with E-state index in [1.54, 1.807) is 32.2 Å². The molecule has 11 heteroatoms. The Morgan fingerprint density at radius 3 is 2.49 bits per heavy atom. The first kappa shape index (κ1) is 27.0. The Labute approximate surface area is 224 Å². The number of fused-ring (bicyclic) bond motifs is 1. The topological polar surface area (TPSA) is 137 Å². The van der Waals surface area contributed by atoms with Crippen molar-refractivity contribution in [2.24, 2.45) is 5.10 Å². The van der Waals surface area contributed by atoms with Crippen LogP contribution in [0.3, 0.4) is 0 Å². The fourth-order valence-corrected chi connectivity index (χ4v) is 4.24. The minimum atomic E-state index is -0.766. The van der Waals surface area contributed by atoms with Gasteiger partial charge in [0.2, 0.25) is 0 Å². The van der Waals surface area contributed by atoms with Crippen molar-refractivity contribution in [1.29, 1.82) is 0 Å². The first-order valence-electron chi connectivity index (χ1n) is 11.9. The highest BCUT2D eigenvalue weighted by Crippen LogP contribution is 2.34. The van der Waals surface area contributed by atoms with Gasteiger partial charge in [-0.05, 0) is 41.5 Å². The van der Waals surface area contributed by atoms with Gasteiger partial charge in [-0.15, -0.1) is 0 Å². The molecule has 39 heavy (non-hydrogen) atoms. The van der Waals surface area contributed by atoms with Crippen LogP contribution in [0.1, 0.15) is 24.1 Å². The fourth-order valence-electron chi connectivity index (χ4n) is 4.24. The molecule has 1 atom stereocenters. The van der Waals surface area contributed by atoms with E-state index in [9.17, 15) is 14.4 Å². The highest BCUT2D eigenvalue weighted by atomic mass is 16.5. The molecule has 3 aromatic rings. The summed E-state index contributed by atoms with van der Waals surface area (Å²) in [5.74, 6) is 0.144. The summed E-state index contributed by atoms with van der Waals surface area (Å²) in [6.07, 6.45) is 1.52. The number of rotatable bonds is 9. The number of urea groups is 1. The zero-order valence-electron chi connectivity index (χ0n) is 21.9. The second-order valence-corrected chi connectivity index (χ2v) is 8.46. The standard InChI is InChI=1S/C28H28N4O7/c1-16-25(27(34)38-4)26(31-28(35)30-16)18-10-12-22(23(13-18)37-3)39-15-24(33)32-29-14-20-19-8-6-5-7-17(19)9-11-21(20)36-2/h5-14,26H,15H2,1-4H3,(H,32,33)(H2,30,31,35)/b29-14-/t26-/m1/s1. The highest BCUT2D eigenvalue weighted by molar-refractivity contribution is 6.02. The lowest BCUT2D eigenvalue weighted by Gasteiger charge is -2.28. The Morgan fingerprint density at radius 1 is 1.00 bits per heavy atom. The van der Waals surface area contributed by atoms with E-state index in [-0.39, 0.29) is 17.9 Å². The van der Waals surface area contributed by atoms with Crippen molar-refractivity contribution in [3.63, 3.8) is 0 Å². The van der Waals surface area contributed by atoms with Crippen molar-refractivity contribution < 1.29 is 33.3 Å². The van der Waals surface area contributed by atoms with E-state index >= 15 is 0 Å². The maximum atomic E-state index is 12.4. The molecule has 0 saturated carbocycles. The molecule has 1 aliphatic rings. The van der Waals surface area contributed by atoms with Gasteiger partial charge < -0.3 is 29.6 Å². The molecule has 0 aromatic heterocycles. The number of amides is 3. The molecule has 4 rings (SSSR count). The number of carbonyl (C=O) groups excluding carboxylic acids is 3. The molecule has 0 bridgehead atoms. The van der Waals surface area contributed by atoms with E-state index in [1.165, 1.54) is 20.4 Å². The van der Waals surface area contributed by atoms with Gasteiger partial charge in [0.25, 0.3) is 5.91 Å². The summed E-state index contributed by atoms with van der Waals surface area (Å²) in [5, 5.41) is 11.3. The highest BCUT2D eigenvalue weighted by Gasteiger charge is 2.32. The van der Waals surface area contributed by atoms with Gasteiger partial charge in [-0.25, -0.2) is 15.0 Å². The maximum absolute atomic E-state index is 12.4. The predicted molar refractivity (Wildman–Crippen MR) is 144 cm³/mol. The average molecular weight is 533 g/mol. The zero-order valence-corrected chi connectivity index (χ0v) is 21.9. The Balaban J connectivity index is 1.45. The van der Waals surface area contributed by atoms with Gasteiger partial charge in [-0.2, -0.15) is 5.10 Å². The van der Waals surface area contributed by atoms with Crippen LogP contribution in [0.15, 0.2) is 71.0 Å². The molecule has 0 fully saturated rings. The van der Waals surface area contributed by atoms with Crippen LogP contribution in [0.5, 0.6) is 17.2 Å². The number of allylic oxidation sites excluding steroid dienone is 1. The molecule has 0 radical (unpaired) electrons. The average Bonchev–Trinajstić information content (AvgIpc) is 2.95. The lowest BCUT2D eigenvalue weighted by atomic mass is 9.95. The van der Waals surface area contributed by atoms with E-state index in [0.29, 0.717) is 22.8 Å². The van der Waals surface area contributed by atoms with Gasteiger partial charge >= 0.3 is 12.0 Å². The normalized spacial score (nSPS) is 15.0. The van der Waals surface area contributed by atoms with Crippen molar-refractivity contribution in [3.05, 3.63) is 77.0 Å². The van der Waals surface area contributed by atoms with Crippen molar-refractivity contribution in [3.8, 4) is 17.2 Å². The summed E-state index contributed by atoms with van der Waals surface area (Å²) in [4.78, 5) is 36.8. The van der Waals surface area contributed by atoms with Crippen LogP contribution < -0.4 is 30.3 Å². The second-order valence-electron chi connectivity index (χ2n) is 8.46. The van der Waals surface area contributed by atoms with Gasteiger partial charge in [-0.1, -0.05) is 36.4 Å². The van der Waals surface area contributed by atoms with Crippen LogP contribution in [0.2, 0.25) is 0 Å². The fraction of sp³-hybridized carbons (Fsp3) is 0.214. The summed E-state index contributed by atoms with van der Waals surface area (Å²) >= 11 is 0. The van der Waals surface area contributed by atoms with E-state index in [2.05, 4.69) is 21.2 Å². The summed E-state index contributed by atoms with van der Waals surface area (Å²) in [6.45, 7) is 1.28. The van der Waals surface area contributed by atoms with Crippen molar-refractivity contribution >= 4 is 34.9 Å². The number of ether oxygens (including phenoxy) is 4. The molecule has 3 aromatic carbocycles. The molecule has 0 spiro atoms. The Bertz CT molecular complexity index is 1480. The smallest absolute Gasteiger partial charge is 0.337 e. The Morgan fingerprint density at radius 2 is 1.74 bits per heavy atom. The largest absolute Gasteiger partial charge is 0.496 e. The van der Waals surface area contributed by atoms with Crippen molar-refractivity contribution in [2.45, 2.75) is 13.0 Å². The molecule has 3 amide bonds. The lowest BCUT2D eigenvalue weighted by molar-refractivity contribution is -0.136. The molecule has 0 unspecified atom stereocenters. The third kappa shape index (κ3) is 5.93. The number of hydrazone groups is 1. The van der Waals surface area contributed by atoms with Gasteiger partial charge in [0.15, 0.2) is 18.1 Å². The first-order valence-corrected chi connectivity index (χ1v) is 11.9. The summed E-state index contributed by atoms with van der Waals surface area (Å²) < 4.78 is 21.4. The van der Waals surface area contributed by atoms with Gasteiger partial charge in [-0.3, -0.25) is 4.79 Å². The summed E-state index contributed by atoms with van der Waals surface area (Å²) in [6, 6.07) is 15.2. The van der Waals surface area contributed by atoms with Crippen LogP contribution >= 0.6 is 0 Å². The third-order valence-corrected chi connectivity index (χ3v) is 6.09. The number of nitrogens with one attached hydrogen (secondary N) is 3. The van der Waals surface area contributed by atoms with Crippen LogP contribution in [0.4, 0.5) is 4.79 Å². The Kier molecular flexibility index (Phi) is 8.30. The first-order chi connectivity index (χ1) is 18.9. The van der Waals surface area contributed by atoms with Gasteiger partial charge in [0, 0.05) is 11.3 Å². The number of esters is 1. The number of hydrogen-bond acceptors (Lipinski definition) is 8. The molecule has 1 heterocycles. The molecular formula is C28H28N4O7. The minimum Gasteiger partial charge on any atom is -0.496 e. The molecule has 1 aliphatic heterocycles. The number of nitrogens with zero attached hydrogens (tertiary/aromatic N) is 1. The van der Waals surface area contributed by atoms with Crippen LogP contribution in [0, 0.1) is 0 Å². The quantitative estimate of drug-likeness (QED) is 0.219. The molecular weight excluding hydrogens is 504 g/mol. The van der Waals surface area contributed by atoms with E-state index in [1.807, 2.05) is 36.4 Å². The summed E-state index contributed by atoms with van der Waals surface area (Å²) in [5.41, 5.74) is 4.38. The Hall–Kier alpha value is -5.06. The number of carbonyl (C=O) groups is 3. The van der Waals surface area contributed by atoms with E-state index in [0.717, 1.165) is 16.3 Å². The molecule has 11 nitrogen and oxygen atoms in total. The summed E-state index contributed by atoms with van der Waals surface area (Å²) in [7, 11) is 4.28.